The molecule has 1 aromatic carbocycles. The van der Waals surface area contributed by atoms with Crippen molar-refractivity contribution in [2.75, 3.05) is 56.2 Å². The molecule has 1 aliphatic heterocycles. The quantitative estimate of drug-likeness (QED) is 0.605. The maximum atomic E-state index is 12.9. The molecule has 1 fully saturated rings. The summed E-state index contributed by atoms with van der Waals surface area (Å²) in [4.78, 5) is 35.3. The summed E-state index contributed by atoms with van der Waals surface area (Å²) in [5.41, 5.74) is 2.30. The van der Waals surface area contributed by atoms with Crippen molar-refractivity contribution in [3.05, 3.63) is 53.7 Å². The summed E-state index contributed by atoms with van der Waals surface area (Å²) in [5, 5.41) is 0. The summed E-state index contributed by atoms with van der Waals surface area (Å²) in [6, 6.07) is 11.4. The number of unbranched alkanes of at least 4 members (excludes halogenated alkanes) is 1. The molecule has 31 heavy (non-hydrogen) atoms. The number of nitrogens with zero attached hydrogens (tertiary/aromatic N) is 4. The Balaban J connectivity index is 1.54. The third-order valence-electron chi connectivity index (χ3n) is 5.55. The molecule has 7 heteroatoms. The fourth-order valence-corrected chi connectivity index (χ4v) is 3.61. The predicted molar refractivity (Wildman–Crippen MR) is 123 cm³/mol. The SMILES string of the molecule is CCCCN(C)c1ccc(C(=O)N2CCN(c3ccc(C(=O)OCC)cn3)CC2)cc1. The van der Waals surface area contributed by atoms with Gasteiger partial charge in [0.1, 0.15) is 5.82 Å². The monoisotopic (exact) mass is 424 g/mol. The van der Waals surface area contributed by atoms with Gasteiger partial charge in [-0.2, -0.15) is 0 Å². The number of pyridine rings is 1. The fraction of sp³-hybridized carbons (Fsp3) is 0.458. The van der Waals surface area contributed by atoms with E-state index in [-0.39, 0.29) is 11.9 Å². The highest BCUT2D eigenvalue weighted by Gasteiger charge is 2.23. The van der Waals surface area contributed by atoms with E-state index in [1.165, 1.54) is 0 Å². The first-order chi connectivity index (χ1) is 15.0. The van der Waals surface area contributed by atoms with Crippen molar-refractivity contribution in [1.82, 2.24) is 9.88 Å². The van der Waals surface area contributed by atoms with Crippen LogP contribution in [-0.2, 0) is 4.74 Å². The maximum Gasteiger partial charge on any atom is 0.339 e. The second-order valence-corrected chi connectivity index (χ2v) is 7.73. The molecule has 0 unspecified atom stereocenters. The number of hydrogen-bond acceptors (Lipinski definition) is 6. The van der Waals surface area contributed by atoms with Gasteiger partial charge >= 0.3 is 5.97 Å². The van der Waals surface area contributed by atoms with Crippen LogP contribution in [0.3, 0.4) is 0 Å². The Hall–Kier alpha value is -3.09. The first-order valence-corrected chi connectivity index (χ1v) is 11.0. The van der Waals surface area contributed by atoms with E-state index in [0.29, 0.717) is 38.3 Å². The number of ether oxygens (including phenoxy) is 1. The van der Waals surface area contributed by atoms with Crippen molar-refractivity contribution < 1.29 is 14.3 Å². The first kappa shape index (κ1) is 22.6. The van der Waals surface area contributed by atoms with E-state index in [4.69, 9.17) is 4.74 Å². The molecule has 0 radical (unpaired) electrons. The Morgan fingerprint density at radius 2 is 1.68 bits per heavy atom. The van der Waals surface area contributed by atoms with Crippen LogP contribution in [0.25, 0.3) is 0 Å². The van der Waals surface area contributed by atoms with E-state index in [1.807, 2.05) is 35.2 Å². The second kappa shape index (κ2) is 10.8. The van der Waals surface area contributed by atoms with Gasteiger partial charge in [-0.3, -0.25) is 4.79 Å². The van der Waals surface area contributed by atoms with Crippen LogP contribution in [-0.4, -0.2) is 68.1 Å². The number of benzene rings is 1. The Morgan fingerprint density at radius 3 is 2.26 bits per heavy atom. The Morgan fingerprint density at radius 1 is 1.00 bits per heavy atom. The predicted octanol–water partition coefficient (Wildman–Crippen LogP) is 3.46. The molecular formula is C24H32N4O3. The number of anilines is 2. The average molecular weight is 425 g/mol. The second-order valence-electron chi connectivity index (χ2n) is 7.73. The lowest BCUT2D eigenvalue weighted by Crippen LogP contribution is -2.49. The maximum absolute atomic E-state index is 12.9. The lowest BCUT2D eigenvalue weighted by atomic mass is 10.1. The average Bonchev–Trinajstić information content (AvgIpc) is 2.82. The highest BCUT2D eigenvalue weighted by molar-refractivity contribution is 5.94. The first-order valence-electron chi connectivity index (χ1n) is 11.0. The summed E-state index contributed by atoms with van der Waals surface area (Å²) >= 11 is 0. The molecule has 0 spiro atoms. The molecule has 1 amide bonds. The van der Waals surface area contributed by atoms with Crippen LogP contribution in [0.1, 0.15) is 47.4 Å². The van der Waals surface area contributed by atoms with Crippen LogP contribution in [0.5, 0.6) is 0 Å². The van der Waals surface area contributed by atoms with Gasteiger partial charge in [0.2, 0.25) is 0 Å². The number of hydrogen-bond donors (Lipinski definition) is 0. The summed E-state index contributed by atoms with van der Waals surface area (Å²) in [5.74, 6) is 0.507. The highest BCUT2D eigenvalue weighted by Crippen LogP contribution is 2.18. The number of esters is 1. The number of rotatable bonds is 8. The molecule has 1 saturated heterocycles. The molecule has 1 aliphatic rings. The molecular weight excluding hydrogens is 392 g/mol. The number of carbonyl (C=O) groups excluding carboxylic acids is 2. The molecule has 0 N–H and O–H groups in total. The summed E-state index contributed by atoms with van der Waals surface area (Å²) in [7, 11) is 2.08. The molecule has 0 atom stereocenters. The van der Waals surface area contributed by atoms with Crippen molar-refractivity contribution in [3.8, 4) is 0 Å². The van der Waals surface area contributed by atoms with Crippen LogP contribution >= 0.6 is 0 Å². The van der Waals surface area contributed by atoms with Crippen LogP contribution in [0.4, 0.5) is 11.5 Å². The van der Waals surface area contributed by atoms with Crippen LogP contribution < -0.4 is 9.80 Å². The Labute approximate surface area is 184 Å². The lowest BCUT2D eigenvalue weighted by molar-refractivity contribution is 0.0525. The van der Waals surface area contributed by atoms with Crippen molar-refractivity contribution in [2.24, 2.45) is 0 Å². The number of amides is 1. The summed E-state index contributed by atoms with van der Waals surface area (Å²) in [6.45, 7) is 8.00. The Bertz CT molecular complexity index is 859. The highest BCUT2D eigenvalue weighted by atomic mass is 16.5. The van der Waals surface area contributed by atoms with E-state index >= 15 is 0 Å². The third kappa shape index (κ3) is 5.75. The van der Waals surface area contributed by atoms with Crippen LogP contribution in [0.2, 0.25) is 0 Å². The van der Waals surface area contributed by atoms with E-state index in [2.05, 4.69) is 28.8 Å². The molecule has 7 nitrogen and oxygen atoms in total. The number of carbonyl (C=O) groups is 2. The standard InChI is InChI=1S/C24H32N4O3/c1-4-6-13-26(3)21-10-7-19(8-11-21)23(29)28-16-14-27(15-17-28)22-12-9-20(18-25-22)24(30)31-5-2/h7-12,18H,4-6,13-17H2,1-3H3. The van der Waals surface area contributed by atoms with Gasteiger partial charge in [-0.1, -0.05) is 13.3 Å². The van der Waals surface area contributed by atoms with E-state index in [1.54, 1.807) is 19.2 Å². The topological polar surface area (TPSA) is 66.0 Å². The van der Waals surface area contributed by atoms with E-state index in [0.717, 1.165) is 36.5 Å². The molecule has 166 valence electrons. The third-order valence-corrected chi connectivity index (χ3v) is 5.55. The van der Waals surface area contributed by atoms with Crippen molar-refractivity contribution in [3.63, 3.8) is 0 Å². The fourth-order valence-electron chi connectivity index (χ4n) is 3.61. The molecule has 0 saturated carbocycles. The lowest BCUT2D eigenvalue weighted by Gasteiger charge is -2.35. The van der Waals surface area contributed by atoms with E-state index < -0.39 is 0 Å². The van der Waals surface area contributed by atoms with Gasteiger partial charge in [0.05, 0.1) is 12.2 Å². The summed E-state index contributed by atoms with van der Waals surface area (Å²) < 4.78 is 4.99. The van der Waals surface area contributed by atoms with Gasteiger partial charge in [0.15, 0.2) is 0 Å². The van der Waals surface area contributed by atoms with Gasteiger partial charge in [-0.15, -0.1) is 0 Å². The van der Waals surface area contributed by atoms with Gasteiger partial charge in [0, 0.05) is 57.2 Å². The van der Waals surface area contributed by atoms with Crippen molar-refractivity contribution in [2.45, 2.75) is 26.7 Å². The van der Waals surface area contributed by atoms with Crippen LogP contribution in [0.15, 0.2) is 42.6 Å². The molecule has 2 aromatic rings. The molecule has 0 bridgehead atoms. The smallest absolute Gasteiger partial charge is 0.339 e. The van der Waals surface area contributed by atoms with Gasteiger partial charge in [-0.05, 0) is 49.7 Å². The Kier molecular flexibility index (Phi) is 7.87. The minimum atomic E-state index is -0.362. The zero-order chi connectivity index (χ0) is 22.2. The number of aromatic nitrogens is 1. The van der Waals surface area contributed by atoms with Gasteiger partial charge in [0.25, 0.3) is 5.91 Å². The molecule has 0 aliphatic carbocycles. The minimum Gasteiger partial charge on any atom is -0.462 e. The van der Waals surface area contributed by atoms with Crippen LogP contribution in [0, 0.1) is 0 Å². The van der Waals surface area contributed by atoms with Gasteiger partial charge < -0.3 is 19.4 Å². The number of piperazine rings is 1. The minimum absolute atomic E-state index is 0.0630. The zero-order valence-corrected chi connectivity index (χ0v) is 18.7. The van der Waals surface area contributed by atoms with Crippen molar-refractivity contribution in [1.29, 1.82) is 0 Å². The largest absolute Gasteiger partial charge is 0.462 e. The molecule has 3 rings (SSSR count). The normalized spacial score (nSPS) is 13.8. The molecule has 2 heterocycles. The molecule has 1 aromatic heterocycles. The van der Waals surface area contributed by atoms with Crippen molar-refractivity contribution >= 4 is 23.4 Å². The van der Waals surface area contributed by atoms with E-state index in [9.17, 15) is 9.59 Å². The summed E-state index contributed by atoms with van der Waals surface area (Å²) in [6.07, 6.45) is 3.86. The van der Waals surface area contributed by atoms with Gasteiger partial charge in [-0.25, -0.2) is 9.78 Å². The zero-order valence-electron chi connectivity index (χ0n) is 18.7.